The zero-order valence-electron chi connectivity index (χ0n) is 13.1. The average molecular weight is 378 g/mol. The van der Waals surface area contributed by atoms with Gasteiger partial charge in [-0.3, -0.25) is 4.79 Å². The fraction of sp³-hybridized carbons (Fsp3) is 0.412. The van der Waals surface area contributed by atoms with Crippen molar-refractivity contribution in [2.24, 2.45) is 0 Å². The van der Waals surface area contributed by atoms with Crippen molar-refractivity contribution < 1.29 is 9.53 Å². The third kappa shape index (κ3) is 3.93. The molecule has 0 spiro atoms. The van der Waals surface area contributed by atoms with E-state index < -0.39 is 0 Å². The molecule has 0 saturated heterocycles. The van der Waals surface area contributed by atoms with Gasteiger partial charge in [0.25, 0.3) is 5.91 Å². The predicted molar refractivity (Wildman–Crippen MR) is 92.7 cm³/mol. The Hall–Kier alpha value is -1.82. The van der Waals surface area contributed by atoms with Gasteiger partial charge in [0.1, 0.15) is 11.6 Å². The molecular weight excluding hydrogens is 358 g/mol. The highest BCUT2D eigenvalue weighted by Crippen LogP contribution is 2.31. The Kier molecular flexibility index (Phi) is 5.00. The summed E-state index contributed by atoms with van der Waals surface area (Å²) in [4.78, 5) is 12.1. The van der Waals surface area contributed by atoms with Crippen molar-refractivity contribution in [3.8, 4) is 5.75 Å². The number of ether oxygens (including phenoxy) is 1. The number of aryl methyl sites for hydroxylation is 1. The summed E-state index contributed by atoms with van der Waals surface area (Å²) >= 11 is 3.44. The lowest BCUT2D eigenvalue weighted by atomic mass is 10.2. The molecule has 1 aliphatic rings. The van der Waals surface area contributed by atoms with E-state index in [4.69, 9.17) is 4.74 Å². The number of hydrogen-bond donors (Lipinski definition) is 1. The number of nitrogens with one attached hydrogen (secondary N) is 1. The molecule has 1 N–H and O–H groups in total. The van der Waals surface area contributed by atoms with Gasteiger partial charge in [-0.1, -0.05) is 18.9 Å². The molecule has 0 bridgehead atoms. The summed E-state index contributed by atoms with van der Waals surface area (Å²) in [6, 6.07) is 8.00. The summed E-state index contributed by atoms with van der Waals surface area (Å²) in [6.07, 6.45) is 6.42. The smallest absolute Gasteiger partial charge is 0.263 e. The Morgan fingerprint density at radius 2 is 2.17 bits per heavy atom. The lowest BCUT2D eigenvalue weighted by Gasteiger charge is -2.15. The van der Waals surface area contributed by atoms with Gasteiger partial charge >= 0.3 is 0 Å². The second-order valence-electron chi connectivity index (χ2n) is 5.87. The number of amides is 1. The quantitative estimate of drug-likeness (QED) is 0.853. The van der Waals surface area contributed by atoms with Crippen LogP contribution in [-0.4, -0.2) is 22.3 Å². The van der Waals surface area contributed by atoms with Gasteiger partial charge in [0.2, 0.25) is 0 Å². The Labute approximate surface area is 144 Å². The standard InChI is InChI=1S/C17H20BrN3O2/c1-12-6-7-15(14(18)10-12)23-11-17(22)20-16-8-9-19-21(16)13-4-2-3-5-13/h6-10,13H,2-5,11H2,1H3,(H,20,22). The number of nitrogens with zero attached hydrogens (tertiary/aromatic N) is 2. The Balaban J connectivity index is 1.58. The molecule has 1 fully saturated rings. The molecule has 2 aromatic rings. The Bertz CT molecular complexity index is 693. The number of halogens is 1. The fourth-order valence-corrected chi connectivity index (χ4v) is 3.51. The molecule has 0 atom stereocenters. The Morgan fingerprint density at radius 3 is 2.91 bits per heavy atom. The van der Waals surface area contributed by atoms with Crippen LogP contribution in [-0.2, 0) is 4.79 Å². The highest BCUT2D eigenvalue weighted by molar-refractivity contribution is 9.10. The molecule has 5 nitrogen and oxygen atoms in total. The molecule has 1 aromatic carbocycles. The number of carbonyl (C=O) groups is 1. The van der Waals surface area contributed by atoms with Crippen LogP contribution in [0.3, 0.4) is 0 Å². The normalized spacial score (nSPS) is 14.9. The van der Waals surface area contributed by atoms with Crippen LogP contribution >= 0.6 is 15.9 Å². The molecule has 23 heavy (non-hydrogen) atoms. The van der Waals surface area contributed by atoms with E-state index >= 15 is 0 Å². The lowest BCUT2D eigenvalue weighted by molar-refractivity contribution is -0.118. The first-order valence-electron chi connectivity index (χ1n) is 7.86. The maximum absolute atomic E-state index is 12.1. The number of rotatable bonds is 5. The van der Waals surface area contributed by atoms with E-state index in [1.54, 1.807) is 6.20 Å². The molecular formula is C17H20BrN3O2. The molecule has 0 radical (unpaired) electrons. The second-order valence-corrected chi connectivity index (χ2v) is 6.72. The van der Waals surface area contributed by atoms with Crippen LogP contribution in [0.25, 0.3) is 0 Å². The predicted octanol–water partition coefficient (Wildman–Crippen LogP) is 4.09. The minimum absolute atomic E-state index is 0.0303. The van der Waals surface area contributed by atoms with E-state index in [1.807, 2.05) is 35.9 Å². The van der Waals surface area contributed by atoms with E-state index in [0.29, 0.717) is 11.8 Å². The molecule has 0 aliphatic heterocycles. The van der Waals surface area contributed by atoms with Gasteiger partial charge in [-0.15, -0.1) is 0 Å². The lowest BCUT2D eigenvalue weighted by Crippen LogP contribution is -2.23. The second kappa shape index (κ2) is 7.17. The molecule has 1 saturated carbocycles. The van der Waals surface area contributed by atoms with E-state index in [0.717, 1.165) is 28.7 Å². The van der Waals surface area contributed by atoms with Crippen LogP contribution in [0, 0.1) is 6.92 Å². The van der Waals surface area contributed by atoms with Crippen molar-refractivity contribution in [1.82, 2.24) is 9.78 Å². The maximum Gasteiger partial charge on any atom is 0.263 e. The van der Waals surface area contributed by atoms with E-state index in [9.17, 15) is 4.79 Å². The molecule has 1 amide bonds. The highest BCUT2D eigenvalue weighted by Gasteiger charge is 2.20. The topological polar surface area (TPSA) is 56.1 Å². The molecule has 3 rings (SSSR count). The molecule has 122 valence electrons. The van der Waals surface area contributed by atoms with Crippen LogP contribution in [0.2, 0.25) is 0 Å². The van der Waals surface area contributed by atoms with Crippen molar-refractivity contribution >= 4 is 27.7 Å². The Morgan fingerprint density at radius 1 is 1.39 bits per heavy atom. The van der Waals surface area contributed by atoms with Crippen molar-refractivity contribution in [3.05, 3.63) is 40.5 Å². The van der Waals surface area contributed by atoms with Crippen molar-refractivity contribution in [2.45, 2.75) is 38.6 Å². The number of carbonyl (C=O) groups excluding carboxylic acids is 1. The molecule has 1 aromatic heterocycles. The first-order chi connectivity index (χ1) is 11.1. The first kappa shape index (κ1) is 16.1. The van der Waals surface area contributed by atoms with Gasteiger partial charge < -0.3 is 10.1 Å². The summed E-state index contributed by atoms with van der Waals surface area (Å²) in [7, 11) is 0. The van der Waals surface area contributed by atoms with Crippen LogP contribution < -0.4 is 10.1 Å². The molecule has 1 aliphatic carbocycles. The zero-order chi connectivity index (χ0) is 16.2. The summed E-state index contributed by atoms with van der Waals surface area (Å²) in [5.74, 6) is 1.22. The number of anilines is 1. The van der Waals surface area contributed by atoms with E-state index in [2.05, 4.69) is 26.3 Å². The third-order valence-electron chi connectivity index (χ3n) is 4.05. The van der Waals surface area contributed by atoms with Crippen molar-refractivity contribution in [1.29, 1.82) is 0 Å². The van der Waals surface area contributed by atoms with Gasteiger partial charge in [0, 0.05) is 6.07 Å². The van der Waals surface area contributed by atoms with Crippen LogP contribution in [0.5, 0.6) is 5.75 Å². The minimum atomic E-state index is -0.183. The van der Waals surface area contributed by atoms with Gasteiger partial charge in [-0.05, 0) is 53.4 Å². The summed E-state index contributed by atoms with van der Waals surface area (Å²) in [5, 5.41) is 7.24. The van der Waals surface area contributed by atoms with Crippen molar-refractivity contribution in [2.75, 3.05) is 11.9 Å². The summed E-state index contributed by atoms with van der Waals surface area (Å²) < 4.78 is 8.35. The highest BCUT2D eigenvalue weighted by atomic mass is 79.9. The molecule has 0 unspecified atom stereocenters. The maximum atomic E-state index is 12.1. The first-order valence-corrected chi connectivity index (χ1v) is 8.65. The van der Waals surface area contributed by atoms with Crippen LogP contribution in [0.4, 0.5) is 5.82 Å². The summed E-state index contributed by atoms with van der Waals surface area (Å²) in [6.45, 7) is 1.98. The zero-order valence-corrected chi connectivity index (χ0v) is 14.7. The third-order valence-corrected chi connectivity index (χ3v) is 4.67. The van der Waals surface area contributed by atoms with Gasteiger partial charge in [0.15, 0.2) is 6.61 Å². The number of aromatic nitrogens is 2. The molecule has 1 heterocycles. The van der Waals surface area contributed by atoms with E-state index in [-0.39, 0.29) is 12.5 Å². The monoisotopic (exact) mass is 377 g/mol. The SMILES string of the molecule is Cc1ccc(OCC(=O)Nc2ccnn2C2CCCC2)c(Br)c1. The molecule has 6 heteroatoms. The fourth-order valence-electron chi connectivity index (χ4n) is 2.90. The average Bonchev–Trinajstić information content (AvgIpc) is 3.17. The van der Waals surface area contributed by atoms with Gasteiger partial charge in [-0.2, -0.15) is 5.10 Å². The minimum Gasteiger partial charge on any atom is -0.483 e. The number of benzene rings is 1. The largest absolute Gasteiger partial charge is 0.483 e. The van der Waals surface area contributed by atoms with Crippen LogP contribution in [0.15, 0.2) is 34.9 Å². The van der Waals surface area contributed by atoms with Crippen LogP contribution in [0.1, 0.15) is 37.3 Å². The van der Waals surface area contributed by atoms with Gasteiger partial charge in [-0.25, -0.2) is 4.68 Å². The van der Waals surface area contributed by atoms with E-state index in [1.165, 1.54) is 12.8 Å². The summed E-state index contributed by atoms with van der Waals surface area (Å²) in [5.41, 5.74) is 1.13. The number of hydrogen-bond acceptors (Lipinski definition) is 3. The van der Waals surface area contributed by atoms with Crippen molar-refractivity contribution in [3.63, 3.8) is 0 Å². The van der Waals surface area contributed by atoms with Gasteiger partial charge in [0.05, 0.1) is 16.7 Å².